The summed E-state index contributed by atoms with van der Waals surface area (Å²) in [4.78, 5) is 13.4. The number of rotatable bonds is 4. The molecular formula is C24H22FN5. The van der Waals surface area contributed by atoms with Crippen LogP contribution in [0, 0.1) is 12.7 Å². The average molecular weight is 399 g/mol. The summed E-state index contributed by atoms with van der Waals surface area (Å²) in [6.07, 6.45) is 8.49. The fourth-order valence-electron chi connectivity index (χ4n) is 4.09. The van der Waals surface area contributed by atoms with Gasteiger partial charge in [0.15, 0.2) is 0 Å². The molecule has 2 heterocycles. The zero-order chi connectivity index (χ0) is 20.5. The predicted molar refractivity (Wildman–Crippen MR) is 115 cm³/mol. The van der Waals surface area contributed by atoms with Gasteiger partial charge in [-0.3, -0.25) is 0 Å². The minimum Gasteiger partial charge on any atom is -0.324 e. The first kappa shape index (κ1) is 18.5. The molecule has 1 unspecified atom stereocenters. The van der Waals surface area contributed by atoms with Gasteiger partial charge in [0.25, 0.3) is 0 Å². The van der Waals surface area contributed by atoms with Crippen molar-refractivity contribution < 1.29 is 4.39 Å². The van der Waals surface area contributed by atoms with Crippen molar-refractivity contribution in [3.8, 4) is 5.69 Å². The number of benzene rings is 2. The lowest BCUT2D eigenvalue weighted by atomic mass is 9.83. The van der Waals surface area contributed by atoms with Crippen LogP contribution in [-0.4, -0.2) is 19.5 Å². The van der Waals surface area contributed by atoms with E-state index < -0.39 is 0 Å². The summed E-state index contributed by atoms with van der Waals surface area (Å²) < 4.78 is 16.3. The molecule has 2 aromatic carbocycles. The highest BCUT2D eigenvalue weighted by molar-refractivity contribution is 5.57. The van der Waals surface area contributed by atoms with Crippen LogP contribution in [0.2, 0.25) is 0 Å². The number of nitrogens with zero attached hydrogens (tertiary/aromatic N) is 4. The molecular weight excluding hydrogens is 377 g/mol. The maximum Gasteiger partial charge on any atom is 0.227 e. The molecule has 4 aromatic rings. The minimum atomic E-state index is -0.336. The number of anilines is 2. The Morgan fingerprint density at radius 2 is 1.97 bits per heavy atom. The van der Waals surface area contributed by atoms with Gasteiger partial charge in [0.1, 0.15) is 5.82 Å². The lowest BCUT2D eigenvalue weighted by Gasteiger charge is -2.25. The maximum absolute atomic E-state index is 14.7. The van der Waals surface area contributed by atoms with Gasteiger partial charge in [-0.2, -0.15) is 0 Å². The Labute approximate surface area is 174 Å². The van der Waals surface area contributed by atoms with Crippen LogP contribution in [0.1, 0.15) is 41.3 Å². The first-order valence-electron chi connectivity index (χ1n) is 10.2. The molecule has 30 heavy (non-hydrogen) atoms. The summed E-state index contributed by atoms with van der Waals surface area (Å²) >= 11 is 0. The fraction of sp³-hybridized carbons (Fsp3) is 0.208. The Hall–Kier alpha value is -3.54. The molecule has 6 heteroatoms. The first-order chi connectivity index (χ1) is 14.7. The molecule has 0 bridgehead atoms. The van der Waals surface area contributed by atoms with Crippen LogP contribution >= 0.6 is 0 Å². The highest BCUT2D eigenvalue weighted by Gasteiger charge is 2.24. The lowest BCUT2D eigenvalue weighted by Crippen LogP contribution is -2.15. The third kappa shape index (κ3) is 3.56. The first-order valence-corrected chi connectivity index (χ1v) is 10.2. The predicted octanol–water partition coefficient (Wildman–Crippen LogP) is 5.32. The Bertz CT molecular complexity index is 1190. The van der Waals surface area contributed by atoms with Crippen molar-refractivity contribution in [2.45, 2.75) is 32.1 Å². The molecule has 2 aromatic heterocycles. The maximum atomic E-state index is 14.7. The molecule has 5 nitrogen and oxygen atoms in total. The standard InChI is InChI=1S/C24H22FN5/c1-16-14-30(15-27-16)22-11-10-19(12-21(22)25)28-24-26-13-18-8-5-9-20(23(18)29-24)17-6-3-2-4-7-17/h2-4,6-7,10-15,20H,5,8-9H2,1H3,(H,26,28,29). The number of hydrogen-bond donors (Lipinski definition) is 1. The second-order valence-corrected chi connectivity index (χ2v) is 7.67. The van der Waals surface area contributed by atoms with Crippen LogP contribution in [0.4, 0.5) is 16.0 Å². The number of aromatic nitrogens is 4. The monoisotopic (exact) mass is 399 g/mol. The number of halogens is 1. The molecule has 1 aliphatic carbocycles. The summed E-state index contributed by atoms with van der Waals surface area (Å²) in [5, 5.41) is 3.16. The van der Waals surface area contributed by atoms with Crippen molar-refractivity contribution in [1.82, 2.24) is 19.5 Å². The summed E-state index contributed by atoms with van der Waals surface area (Å²) in [5.41, 5.74) is 5.44. The van der Waals surface area contributed by atoms with Gasteiger partial charge in [0.2, 0.25) is 5.95 Å². The summed E-state index contributed by atoms with van der Waals surface area (Å²) in [6, 6.07) is 15.5. The van der Waals surface area contributed by atoms with Crippen molar-refractivity contribution in [1.29, 1.82) is 0 Å². The van der Waals surface area contributed by atoms with Gasteiger partial charge in [-0.25, -0.2) is 19.3 Å². The van der Waals surface area contributed by atoms with E-state index in [1.165, 1.54) is 17.2 Å². The second-order valence-electron chi connectivity index (χ2n) is 7.67. The van der Waals surface area contributed by atoms with Crippen molar-refractivity contribution >= 4 is 11.6 Å². The molecule has 0 saturated heterocycles. The Morgan fingerprint density at radius 1 is 1.10 bits per heavy atom. The molecule has 150 valence electrons. The average Bonchev–Trinajstić information content (AvgIpc) is 3.20. The van der Waals surface area contributed by atoms with E-state index in [0.29, 0.717) is 17.3 Å². The fourth-order valence-corrected chi connectivity index (χ4v) is 4.09. The van der Waals surface area contributed by atoms with E-state index >= 15 is 0 Å². The third-order valence-corrected chi connectivity index (χ3v) is 5.56. The second kappa shape index (κ2) is 7.71. The van der Waals surface area contributed by atoms with E-state index in [4.69, 9.17) is 4.98 Å². The topological polar surface area (TPSA) is 55.6 Å². The number of aryl methyl sites for hydroxylation is 2. The van der Waals surface area contributed by atoms with Crippen molar-refractivity contribution in [3.63, 3.8) is 0 Å². The van der Waals surface area contributed by atoms with Gasteiger partial charge in [-0.1, -0.05) is 30.3 Å². The van der Waals surface area contributed by atoms with Crippen LogP contribution in [0.3, 0.4) is 0 Å². The smallest absolute Gasteiger partial charge is 0.227 e. The molecule has 0 saturated carbocycles. The van der Waals surface area contributed by atoms with Crippen molar-refractivity contribution in [2.24, 2.45) is 0 Å². The normalized spacial score (nSPS) is 15.6. The van der Waals surface area contributed by atoms with E-state index in [9.17, 15) is 4.39 Å². The third-order valence-electron chi connectivity index (χ3n) is 5.56. The number of imidazole rings is 1. The zero-order valence-electron chi connectivity index (χ0n) is 16.7. The van der Waals surface area contributed by atoms with E-state index in [1.54, 1.807) is 23.2 Å². The van der Waals surface area contributed by atoms with Crippen LogP contribution < -0.4 is 5.32 Å². The minimum absolute atomic E-state index is 0.266. The molecule has 1 N–H and O–H groups in total. The number of fused-ring (bicyclic) bond motifs is 1. The molecule has 0 amide bonds. The van der Waals surface area contributed by atoms with Crippen LogP contribution in [0.15, 0.2) is 67.3 Å². The van der Waals surface area contributed by atoms with E-state index in [1.807, 2.05) is 25.3 Å². The number of nitrogens with one attached hydrogen (secondary N) is 1. The Kier molecular flexibility index (Phi) is 4.75. The summed E-state index contributed by atoms with van der Waals surface area (Å²) in [7, 11) is 0. The van der Waals surface area contributed by atoms with Gasteiger partial charge in [-0.05, 0) is 55.5 Å². The molecule has 1 aliphatic rings. The summed E-state index contributed by atoms with van der Waals surface area (Å²) in [6.45, 7) is 1.88. The van der Waals surface area contributed by atoms with E-state index in [2.05, 4.69) is 39.6 Å². The zero-order valence-corrected chi connectivity index (χ0v) is 16.7. The van der Waals surface area contributed by atoms with E-state index in [-0.39, 0.29) is 11.7 Å². The lowest BCUT2D eigenvalue weighted by molar-refractivity contribution is 0.596. The van der Waals surface area contributed by atoms with Crippen LogP contribution in [-0.2, 0) is 6.42 Å². The molecule has 5 rings (SSSR count). The molecule has 0 aliphatic heterocycles. The largest absolute Gasteiger partial charge is 0.324 e. The quantitative estimate of drug-likeness (QED) is 0.504. The Morgan fingerprint density at radius 3 is 2.73 bits per heavy atom. The summed E-state index contributed by atoms with van der Waals surface area (Å²) in [5.74, 6) is 0.418. The molecule has 0 fully saturated rings. The van der Waals surface area contributed by atoms with Gasteiger partial charge in [0.05, 0.1) is 23.4 Å². The van der Waals surface area contributed by atoms with Crippen molar-refractivity contribution in [2.75, 3.05) is 5.32 Å². The van der Waals surface area contributed by atoms with E-state index in [0.717, 1.165) is 30.7 Å². The SMILES string of the molecule is Cc1cn(-c2ccc(Nc3ncc4c(n3)C(c3ccccc3)CCC4)cc2F)cn1. The molecule has 0 radical (unpaired) electrons. The molecule has 1 atom stereocenters. The van der Waals surface area contributed by atoms with Gasteiger partial charge < -0.3 is 9.88 Å². The van der Waals surface area contributed by atoms with Crippen LogP contribution in [0.25, 0.3) is 5.69 Å². The van der Waals surface area contributed by atoms with Gasteiger partial charge in [0, 0.05) is 24.0 Å². The highest BCUT2D eigenvalue weighted by Crippen LogP contribution is 2.35. The van der Waals surface area contributed by atoms with Gasteiger partial charge >= 0.3 is 0 Å². The highest BCUT2D eigenvalue weighted by atomic mass is 19.1. The van der Waals surface area contributed by atoms with Crippen molar-refractivity contribution in [3.05, 3.63) is 95.6 Å². The molecule has 0 spiro atoms. The Balaban J connectivity index is 1.43. The van der Waals surface area contributed by atoms with Gasteiger partial charge in [-0.15, -0.1) is 0 Å². The number of hydrogen-bond acceptors (Lipinski definition) is 4. The van der Waals surface area contributed by atoms with Crippen LogP contribution in [0.5, 0.6) is 0 Å².